The molecule has 0 bridgehead atoms. The fraction of sp³-hybridized carbons (Fsp3) is 0. The zero-order valence-electron chi connectivity index (χ0n) is 10.0. The number of rotatable bonds is 3. The number of nitrogens with zero attached hydrogens (tertiary/aromatic N) is 3. The van der Waals surface area contributed by atoms with Gasteiger partial charge < -0.3 is 10.2 Å². The second-order valence-electron chi connectivity index (χ2n) is 3.91. The van der Waals surface area contributed by atoms with E-state index in [1.807, 2.05) is 0 Å². The molecule has 6 nitrogen and oxygen atoms in total. The van der Waals surface area contributed by atoms with Gasteiger partial charge in [-0.2, -0.15) is 4.98 Å². The van der Waals surface area contributed by atoms with Gasteiger partial charge in [-0.3, -0.25) is 4.40 Å². The smallest absolute Gasteiger partial charge is 0.265 e. The van der Waals surface area contributed by atoms with Crippen molar-refractivity contribution in [2.24, 2.45) is 5.84 Å². The van der Waals surface area contributed by atoms with Crippen LogP contribution in [0, 0.1) is 0 Å². The number of benzene rings is 1. The highest BCUT2D eigenvalue weighted by atomic mass is 35.5. The first-order valence-corrected chi connectivity index (χ1v) is 6.36. The number of hydrazine groups is 1. The Labute approximate surface area is 124 Å². The first kappa shape index (κ1) is 13.0. The summed E-state index contributed by atoms with van der Waals surface area (Å²) in [5.41, 5.74) is 3.03. The van der Waals surface area contributed by atoms with Gasteiger partial charge in [-0.25, -0.2) is 10.8 Å². The average molecular weight is 310 g/mol. The molecule has 0 aliphatic rings. The number of ether oxygens (including phenoxy) is 1. The molecule has 0 fully saturated rings. The Morgan fingerprint density at radius 2 is 2.10 bits per heavy atom. The van der Waals surface area contributed by atoms with E-state index in [-0.39, 0.29) is 0 Å². The highest BCUT2D eigenvalue weighted by Crippen LogP contribution is 2.30. The molecule has 102 valence electrons. The van der Waals surface area contributed by atoms with Crippen molar-refractivity contribution in [3.63, 3.8) is 0 Å². The molecule has 3 aromatic rings. The van der Waals surface area contributed by atoms with Crippen LogP contribution in [0.3, 0.4) is 0 Å². The van der Waals surface area contributed by atoms with Gasteiger partial charge in [0.25, 0.3) is 5.88 Å². The molecule has 2 aromatic heterocycles. The molecular weight excluding hydrogens is 301 g/mol. The number of fused-ring (bicyclic) bond motifs is 1. The van der Waals surface area contributed by atoms with Crippen molar-refractivity contribution >= 4 is 34.7 Å². The number of hydrogen-bond donors (Lipinski definition) is 2. The van der Waals surface area contributed by atoms with E-state index >= 15 is 0 Å². The van der Waals surface area contributed by atoms with Crippen LogP contribution < -0.4 is 16.0 Å². The molecule has 0 aliphatic carbocycles. The maximum atomic E-state index is 5.95. The van der Waals surface area contributed by atoms with Crippen LogP contribution in [0.25, 0.3) is 5.65 Å². The van der Waals surface area contributed by atoms with Gasteiger partial charge in [-0.15, -0.1) is 0 Å². The lowest BCUT2D eigenvalue weighted by Crippen LogP contribution is -2.10. The Kier molecular flexibility index (Phi) is 3.35. The van der Waals surface area contributed by atoms with E-state index in [0.717, 1.165) is 0 Å². The molecular formula is C12H9Cl2N5O. The van der Waals surface area contributed by atoms with E-state index in [0.29, 0.717) is 33.1 Å². The van der Waals surface area contributed by atoms with Crippen molar-refractivity contribution in [2.75, 3.05) is 5.43 Å². The van der Waals surface area contributed by atoms with Crippen molar-refractivity contribution < 1.29 is 4.74 Å². The molecule has 2 heterocycles. The van der Waals surface area contributed by atoms with Crippen LogP contribution in [0.5, 0.6) is 11.6 Å². The summed E-state index contributed by atoms with van der Waals surface area (Å²) in [6.07, 6.45) is 5.10. The molecule has 20 heavy (non-hydrogen) atoms. The van der Waals surface area contributed by atoms with Gasteiger partial charge in [0, 0.05) is 18.5 Å². The van der Waals surface area contributed by atoms with Gasteiger partial charge in [0.15, 0.2) is 5.82 Å². The second kappa shape index (κ2) is 5.16. The van der Waals surface area contributed by atoms with E-state index in [9.17, 15) is 0 Å². The molecule has 0 radical (unpaired) electrons. The SMILES string of the molecule is NNc1cn2ccnc2c(Oc2ccc(Cl)c(Cl)c2)n1. The number of anilines is 1. The zero-order valence-corrected chi connectivity index (χ0v) is 11.6. The third-order valence-electron chi connectivity index (χ3n) is 2.60. The molecule has 0 spiro atoms. The summed E-state index contributed by atoms with van der Waals surface area (Å²) < 4.78 is 7.44. The van der Waals surface area contributed by atoms with E-state index < -0.39 is 0 Å². The first-order valence-electron chi connectivity index (χ1n) is 5.60. The number of aromatic nitrogens is 3. The predicted octanol–water partition coefficient (Wildman–Crippen LogP) is 3.11. The van der Waals surface area contributed by atoms with Gasteiger partial charge in [0.05, 0.1) is 16.2 Å². The van der Waals surface area contributed by atoms with E-state index in [1.165, 1.54) is 0 Å². The van der Waals surface area contributed by atoms with Crippen molar-refractivity contribution in [1.29, 1.82) is 0 Å². The molecule has 3 rings (SSSR count). The lowest BCUT2D eigenvalue weighted by molar-refractivity contribution is 0.466. The van der Waals surface area contributed by atoms with Crippen molar-refractivity contribution in [1.82, 2.24) is 14.4 Å². The summed E-state index contributed by atoms with van der Waals surface area (Å²) in [5, 5.41) is 0.854. The summed E-state index contributed by atoms with van der Waals surface area (Å²) in [6, 6.07) is 4.94. The van der Waals surface area contributed by atoms with Crippen LogP contribution in [0.4, 0.5) is 5.82 Å². The molecule has 0 saturated heterocycles. The minimum Gasteiger partial charge on any atom is -0.436 e. The number of imidazole rings is 1. The van der Waals surface area contributed by atoms with Crippen LogP contribution >= 0.6 is 23.2 Å². The van der Waals surface area contributed by atoms with Crippen LogP contribution in [0.2, 0.25) is 10.0 Å². The third-order valence-corrected chi connectivity index (χ3v) is 3.34. The van der Waals surface area contributed by atoms with E-state index in [4.69, 9.17) is 33.8 Å². The minimum absolute atomic E-state index is 0.309. The van der Waals surface area contributed by atoms with Gasteiger partial charge in [0.2, 0.25) is 5.65 Å². The predicted molar refractivity (Wildman–Crippen MR) is 77.3 cm³/mol. The Morgan fingerprint density at radius 1 is 1.25 bits per heavy atom. The van der Waals surface area contributed by atoms with Crippen LogP contribution in [0.15, 0.2) is 36.8 Å². The minimum atomic E-state index is 0.309. The molecule has 0 unspecified atom stereocenters. The van der Waals surface area contributed by atoms with Crippen molar-refractivity contribution in [3.05, 3.63) is 46.8 Å². The highest BCUT2D eigenvalue weighted by Gasteiger charge is 2.10. The summed E-state index contributed by atoms with van der Waals surface area (Å²) in [5.74, 6) is 6.64. The van der Waals surface area contributed by atoms with Gasteiger partial charge in [0.1, 0.15) is 5.75 Å². The normalized spacial score (nSPS) is 10.8. The molecule has 0 saturated carbocycles. The second-order valence-corrected chi connectivity index (χ2v) is 4.73. The van der Waals surface area contributed by atoms with Crippen LogP contribution in [-0.2, 0) is 0 Å². The molecule has 0 atom stereocenters. The molecule has 3 N–H and O–H groups in total. The van der Waals surface area contributed by atoms with Gasteiger partial charge >= 0.3 is 0 Å². The number of nitrogens with one attached hydrogen (secondary N) is 1. The van der Waals surface area contributed by atoms with Crippen LogP contribution in [-0.4, -0.2) is 14.4 Å². The molecule has 0 aliphatic heterocycles. The number of hydrogen-bond acceptors (Lipinski definition) is 5. The van der Waals surface area contributed by atoms with Crippen molar-refractivity contribution in [2.45, 2.75) is 0 Å². The first-order chi connectivity index (χ1) is 9.67. The fourth-order valence-electron chi connectivity index (χ4n) is 1.69. The summed E-state index contributed by atoms with van der Waals surface area (Å²) in [6.45, 7) is 0. The lowest BCUT2D eigenvalue weighted by Gasteiger charge is -2.09. The van der Waals surface area contributed by atoms with Gasteiger partial charge in [-0.1, -0.05) is 23.2 Å². The standard InChI is InChI=1S/C12H9Cl2N5O/c13-8-2-1-7(5-9(8)14)20-12-11-16-3-4-19(11)6-10(17-12)18-15/h1-6,18H,15H2. The average Bonchev–Trinajstić information content (AvgIpc) is 2.91. The molecule has 8 heteroatoms. The largest absolute Gasteiger partial charge is 0.436 e. The molecule has 0 amide bonds. The number of nitrogen functional groups attached to an aromatic ring is 1. The summed E-state index contributed by atoms with van der Waals surface area (Å²) in [7, 11) is 0. The third kappa shape index (κ3) is 2.36. The Bertz CT molecular complexity index is 774. The maximum absolute atomic E-state index is 5.95. The lowest BCUT2D eigenvalue weighted by atomic mass is 10.3. The summed E-state index contributed by atoms with van der Waals surface area (Å²) >= 11 is 11.8. The van der Waals surface area contributed by atoms with Gasteiger partial charge in [-0.05, 0) is 12.1 Å². The topological polar surface area (TPSA) is 77.5 Å². The monoisotopic (exact) mass is 309 g/mol. The quantitative estimate of drug-likeness (QED) is 0.574. The number of halogens is 2. The van der Waals surface area contributed by atoms with Crippen molar-refractivity contribution in [3.8, 4) is 11.6 Å². The molecule has 1 aromatic carbocycles. The Morgan fingerprint density at radius 3 is 2.85 bits per heavy atom. The zero-order chi connectivity index (χ0) is 14.1. The Balaban J connectivity index is 2.04. The van der Waals surface area contributed by atoms with E-state index in [2.05, 4.69) is 15.4 Å². The van der Waals surface area contributed by atoms with E-state index in [1.54, 1.807) is 41.2 Å². The maximum Gasteiger partial charge on any atom is 0.265 e. The fourth-order valence-corrected chi connectivity index (χ4v) is 1.98. The Hall–Kier alpha value is -2.02. The number of nitrogens with two attached hydrogens (primary N) is 1. The highest BCUT2D eigenvalue weighted by molar-refractivity contribution is 6.42. The summed E-state index contributed by atoms with van der Waals surface area (Å²) in [4.78, 5) is 8.40. The van der Waals surface area contributed by atoms with Crippen LogP contribution in [0.1, 0.15) is 0 Å².